The first kappa shape index (κ1) is 8.08. The highest BCUT2D eigenvalue weighted by Gasteiger charge is 2.07. The topological polar surface area (TPSA) is 17.3 Å². The number of halogens is 2. The van der Waals surface area contributed by atoms with Gasteiger partial charge < -0.3 is 0 Å². The van der Waals surface area contributed by atoms with Crippen molar-refractivity contribution in [2.45, 2.75) is 6.92 Å². The van der Waals surface area contributed by atoms with Crippen LogP contribution in [-0.4, -0.2) is 9.38 Å². The van der Waals surface area contributed by atoms with Crippen LogP contribution in [0.1, 0.15) is 5.56 Å². The van der Waals surface area contributed by atoms with Gasteiger partial charge in [0.05, 0.1) is 0 Å². The van der Waals surface area contributed by atoms with E-state index in [4.69, 9.17) is 11.6 Å². The van der Waals surface area contributed by atoms with Crippen molar-refractivity contribution in [3.63, 3.8) is 0 Å². The van der Waals surface area contributed by atoms with Gasteiger partial charge in [-0.05, 0) is 34.5 Å². The number of nitrogens with zero attached hydrogens (tertiary/aromatic N) is 2. The minimum Gasteiger partial charge on any atom is -0.289 e. The Morgan fingerprint density at radius 2 is 2.33 bits per heavy atom. The Morgan fingerprint density at radius 1 is 1.58 bits per heavy atom. The summed E-state index contributed by atoms with van der Waals surface area (Å²) in [6, 6.07) is 3.95. The van der Waals surface area contributed by atoms with Gasteiger partial charge in [-0.15, -0.1) is 0 Å². The van der Waals surface area contributed by atoms with E-state index in [1.54, 1.807) is 0 Å². The highest BCUT2D eigenvalue weighted by atomic mass is 79.9. The van der Waals surface area contributed by atoms with E-state index in [9.17, 15) is 0 Å². The van der Waals surface area contributed by atoms with Gasteiger partial charge >= 0.3 is 0 Å². The van der Waals surface area contributed by atoms with E-state index in [2.05, 4.69) is 20.9 Å². The van der Waals surface area contributed by atoms with E-state index in [1.165, 1.54) is 0 Å². The minimum atomic E-state index is 0.619. The van der Waals surface area contributed by atoms with Crippen molar-refractivity contribution in [2.75, 3.05) is 0 Å². The number of imidazole rings is 1. The van der Waals surface area contributed by atoms with Gasteiger partial charge in [-0.1, -0.05) is 17.7 Å². The van der Waals surface area contributed by atoms with Crippen LogP contribution in [0.2, 0.25) is 5.15 Å². The largest absolute Gasteiger partial charge is 0.289 e. The van der Waals surface area contributed by atoms with Crippen LogP contribution in [0.3, 0.4) is 0 Å². The Balaban J connectivity index is 2.95. The van der Waals surface area contributed by atoms with Crippen LogP contribution in [0.15, 0.2) is 22.9 Å². The molecule has 62 valence electrons. The molecule has 0 aliphatic rings. The van der Waals surface area contributed by atoms with Crippen molar-refractivity contribution >= 4 is 33.2 Å². The molecule has 0 aromatic carbocycles. The normalized spacial score (nSPS) is 10.9. The second kappa shape index (κ2) is 2.75. The van der Waals surface area contributed by atoms with E-state index >= 15 is 0 Å². The quantitative estimate of drug-likeness (QED) is 0.697. The number of fused-ring (bicyclic) bond motifs is 1. The van der Waals surface area contributed by atoms with E-state index in [1.807, 2.05) is 29.7 Å². The summed E-state index contributed by atoms with van der Waals surface area (Å²) in [6.07, 6.45) is 1.89. The maximum absolute atomic E-state index is 5.97. The molecule has 2 aromatic rings. The summed E-state index contributed by atoms with van der Waals surface area (Å²) in [4.78, 5) is 4.26. The zero-order valence-electron chi connectivity index (χ0n) is 6.38. The third-order valence-corrected chi connectivity index (χ3v) is 2.89. The number of hydrogen-bond acceptors (Lipinski definition) is 1. The minimum absolute atomic E-state index is 0.619. The van der Waals surface area contributed by atoms with Gasteiger partial charge in [0.1, 0.15) is 15.4 Å². The van der Waals surface area contributed by atoms with E-state index in [-0.39, 0.29) is 0 Å². The molecule has 0 unspecified atom stereocenters. The third kappa shape index (κ3) is 1.04. The smallest absolute Gasteiger partial charge is 0.147 e. The molecule has 12 heavy (non-hydrogen) atoms. The lowest BCUT2D eigenvalue weighted by Crippen LogP contribution is -1.85. The van der Waals surface area contributed by atoms with Crippen LogP contribution >= 0.6 is 27.5 Å². The molecular weight excluding hydrogens is 239 g/mol. The molecule has 0 atom stereocenters. The molecule has 0 saturated carbocycles. The molecular formula is C8H6BrClN2. The molecule has 0 radical (unpaired) electrons. The predicted octanol–water partition coefficient (Wildman–Crippen LogP) is 3.06. The lowest BCUT2D eigenvalue weighted by molar-refractivity contribution is 1.16. The first-order valence-electron chi connectivity index (χ1n) is 3.49. The summed E-state index contributed by atoms with van der Waals surface area (Å²) in [5, 5.41) is 0.619. The van der Waals surface area contributed by atoms with Crippen molar-refractivity contribution in [3.05, 3.63) is 33.6 Å². The predicted molar refractivity (Wildman–Crippen MR) is 52.6 cm³/mol. The monoisotopic (exact) mass is 244 g/mol. The highest BCUT2D eigenvalue weighted by molar-refractivity contribution is 9.10. The molecule has 0 bridgehead atoms. The Labute approximate surface area is 83.3 Å². The van der Waals surface area contributed by atoms with E-state index < -0.39 is 0 Å². The third-order valence-electron chi connectivity index (χ3n) is 1.75. The molecule has 2 aromatic heterocycles. The molecule has 0 N–H and O–H groups in total. The van der Waals surface area contributed by atoms with Crippen molar-refractivity contribution in [1.29, 1.82) is 0 Å². The van der Waals surface area contributed by atoms with Crippen molar-refractivity contribution in [2.24, 2.45) is 0 Å². The van der Waals surface area contributed by atoms with Crippen molar-refractivity contribution in [1.82, 2.24) is 9.38 Å². The van der Waals surface area contributed by atoms with Crippen molar-refractivity contribution in [3.8, 4) is 0 Å². The fourth-order valence-electron chi connectivity index (χ4n) is 1.15. The van der Waals surface area contributed by atoms with Crippen molar-refractivity contribution < 1.29 is 0 Å². The number of aromatic nitrogens is 2. The highest BCUT2D eigenvalue weighted by Crippen LogP contribution is 2.24. The molecule has 0 aliphatic carbocycles. The molecule has 2 heterocycles. The number of aryl methyl sites for hydroxylation is 1. The van der Waals surface area contributed by atoms with Gasteiger partial charge in [0, 0.05) is 6.20 Å². The van der Waals surface area contributed by atoms with Gasteiger partial charge in [-0.2, -0.15) is 0 Å². The van der Waals surface area contributed by atoms with E-state index in [0.29, 0.717) is 9.76 Å². The summed E-state index contributed by atoms with van der Waals surface area (Å²) in [6.45, 7) is 2.01. The van der Waals surface area contributed by atoms with Gasteiger partial charge in [-0.3, -0.25) is 4.40 Å². The maximum Gasteiger partial charge on any atom is 0.147 e. The molecule has 2 rings (SSSR count). The zero-order valence-corrected chi connectivity index (χ0v) is 8.72. The first-order chi connectivity index (χ1) is 5.70. The average molecular weight is 246 g/mol. The molecule has 0 fully saturated rings. The number of hydrogen-bond donors (Lipinski definition) is 0. The average Bonchev–Trinajstić information content (AvgIpc) is 2.32. The summed E-state index contributed by atoms with van der Waals surface area (Å²) in [5.74, 6) is 0. The zero-order chi connectivity index (χ0) is 8.72. The second-order valence-corrected chi connectivity index (χ2v) is 3.69. The molecule has 4 heteroatoms. The maximum atomic E-state index is 5.97. The summed E-state index contributed by atoms with van der Waals surface area (Å²) < 4.78 is 2.54. The number of pyridine rings is 1. The Morgan fingerprint density at radius 3 is 3.00 bits per heavy atom. The molecule has 0 aliphatic heterocycles. The van der Waals surface area contributed by atoms with Gasteiger partial charge in [0.25, 0.3) is 0 Å². The summed E-state index contributed by atoms with van der Waals surface area (Å²) >= 11 is 9.25. The van der Waals surface area contributed by atoms with Crippen LogP contribution in [-0.2, 0) is 0 Å². The van der Waals surface area contributed by atoms with E-state index in [0.717, 1.165) is 11.2 Å². The van der Waals surface area contributed by atoms with Crippen LogP contribution in [0.5, 0.6) is 0 Å². The fraction of sp³-hybridized carbons (Fsp3) is 0.125. The first-order valence-corrected chi connectivity index (χ1v) is 4.66. The van der Waals surface area contributed by atoms with Gasteiger partial charge in [0.2, 0.25) is 0 Å². The molecule has 0 saturated heterocycles. The fourth-order valence-corrected chi connectivity index (χ4v) is 1.69. The lowest BCUT2D eigenvalue weighted by Gasteiger charge is -1.95. The molecule has 0 spiro atoms. The molecule has 2 nitrogen and oxygen atoms in total. The van der Waals surface area contributed by atoms with Gasteiger partial charge in [0.15, 0.2) is 0 Å². The Kier molecular flexibility index (Phi) is 1.85. The summed E-state index contributed by atoms with van der Waals surface area (Å²) in [7, 11) is 0. The lowest BCUT2D eigenvalue weighted by atomic mass is 10.3. The van der Waals surface area contributed by atoms with Crippen LogP contribution in [0.25, 0.3) is 5.65 Å². The van der Waals surface area contributed by atoms with Crippen LogP contribution in [0.4, 0.5) is 0 Å². The standard InChI is InChI=1S/C8H6BrClN2/c1-5-3-2-4-12-7(10)6(9)11-8(5)12/h2-4H,1H3. The Bertz CT molecular complexity index is 436. The number of rotatable bonds is 0. The Hall–Kier alpha value is -0.540. The SMILES string of the molecule is Cc1cccn2c(Cl)c(Br)nc12. The summed E-state index contributed by atoms with van der Waals surface area (Å²) in [5.41, 5.74) is 2.01. The van der Waals surface area contributed by atoms with Crippen LogP contribution in [0, 0.1) is 6.92 Å². The van der Waals surface area contributed by atoms with Crippen LogP contribution < -0.4 is 0 Å². The molecule has 0 amide bonds. The van der Waals surface area contributed by atoms with Gasteiger partial charge in [-0.25, -0.2) is 4.98 Å². The second-order valence-electron chi connectivity index (χ2n) is 2.58.